The molecule has 0 saturated heterocycles. The van der Waals surface area contributed by atoms with E-state index >= 15 is 0 Å². The number of fused-ring (bicyclic) bond motifs is 2. The molecule has 1 aliphatic rings. The summed E-state index contributed by atoms with van der Waals surface area (Å²) in [7, 11) is 0. The molecular weight excluding hydrogens is 340 g/mol. The van der Waals surface area contributed by atoms with Gasteiger partial charge in [0.05, 0.1) is 16.6 Å². The fourth-order valence-corrected chi connectivity index (χ4v) is 3.41. The number of amides is 2. The van der Waals surface area contributed by atoms with E-state index in [1.54, 1.807) is 41.2 Å². The van der Waals surface area contributed by atoms with Crippen molar-refractivity contribution in [3.8, 4) is 5.95 Å². The van der Waals surface area contributed by atoms with E-state index in [1.165, 1.54) is 4.90 Å². The van der Waals surface area contributed by atoms with Gasteiger partial charge in [-0.2, -0.15) is 0 Å². The predicted molar refractivity (Wildman–Crippen MR) is 101 cm³/mol. The molecular formula is C21H14N4O2. The van der Waals surface area contributed by atoms with Crippen molar-refractivity contribution in [3.63, 3.8) is 0 Å². The van der Waals surface area contributed by atoms with E-state index in [9.17, 15) is 9.59 Å². The molecule has 0 bridgehead atoms. The van der Waals surface area contributed by atoms with Crippen LogP contribution in [-0.4, -0.2) is 26.3 Å². The van der Waals surface area contributed by atoms with Crippen LogP contribution in [0.1, 0.15) is 26.3 Å². The van der Waals surface area contributed by atoms with Crippen LogP contribution >= 0.6 is 0 Å². The molecule has 1 aliphatic heterocycles. The maximum Gasteiger partial charge on any atom is 0.267 e. The van der Waals surface area contributed by atoms with Crippen LogP contribution in [-0.2, 0) is 0 Å². The summed E-state index contributed by atoms with van der Waals surface area (Å²) < 4.78 is 1.75. The molecule has 0 spiro atoms. The van der Waals surface area contributed by atoms with Gasteiger partial charge in [-0.1, -0.05) is 30.3 Å². The van der Waals surface area contributed by atoms with E-state index in [-0.39, 0.29) is 11.8 Å². The largest absolute Gasteiger partial charge is 0.268 e. The first-order valence-electron chi connectivity index (χ1n) is 8.52. The van der Waals surface area contributed by atoms with Crippen molar-refractivity contribution in [3.05, 3.63) is 83.7 Å². The molecule has 0 aliphatic carbocycles. The first-order valence-corrected chi connectivity index (χ1v) is 8.52. The van der Waals surface area contributed by atoms with Crippen molar-refractivity contribution < 1.29 is 9.59 Å². The highest BCUT2D eigenvalue weighted by atomic mass is 16.2. The van der Waals surface area contributed by atoms with E-state index < -0.39 is 0 Å². The second-order valence-electron chi connectivity index (χ2n) is 6.45. The summed E-state index contributed by atoms with van der Waals surface area (Å²) in [6.07, 6.45) is 3.42. The van der Waals surface area contributed by atoms with Crippen LogP contribution in [0.5, 0.6) is 0 Å². The monoisotopic (exact) mass is 354 g/mol. The van der Waals surface area contributed by atoms with Crippen LogP contribution in [0, 0.1) is 6.92 Å². The van der Waals surface area contributed by atoms with Gasteiger partial charge in [-0.15, -0.1) is 0 Å². The number of rotatable bonds is 2. The second kappa shape index (κ2) is 5.60. The molecule has 0 N–H and O–H groups in total. The summed E-state index contributed by atoms with van der Waals surface area (Å²) >= 11 is 0. The fraction of sp³-hybridized carbons (Fsp3) is 0.0476. The zero-order valence-electron chi connectivity index (χ0n) is 14.5. The summed E-state index contributed by atoms with van der Waals surface area (Å²) in [6.45, 7) is 1.91. The standard InChI is InChI=1S/C21H14N4O2/c1-13-11-22-21(23-12-13)24-17-9-5-2-6-14(17)10-18(24)25-19(26)15-7-3-4-8-16(15)20(25)27/h2-12H,1H3. The Labute approximate surface area is 154 Å². The number of aryl methyl sites for hydroxylation is 1. The Hall–Kier alpha value is -3.80. The van der Waals surface area contributed by atoms with Gasteiger partial charge in [-0.05, 0) is 36.8 Å². The minimum atomic E-state index is -0.341. The second-order valence-corrected chi connectivity index (χ2v) is 6.45. The number of imide groups is 1. The Morgan fingerprint density at radius 1 is 0.815 bits per heavy atom. The highest BCUT2D eigenvalue weighted by Crippen LogP contribution is 2.34. The molecule has 0 unspecified atom stereocenters. The topological polar surface area (TPSA) is 68.1 Å². The first-order chi connectivity index (χ1) is 13.1. The van der Waals surface area contributed by atoms with Crippen LogP contribution < -0.4 is 4.90 Å². The molecule has 0 radical (unpaired) electrons. The minimum Gasteiger partial charge on any atom is -0.268 e. The lowest BCUT2D eigenvalue weighted by Gasteiger charge is -2.16. The summed E-state index contributed by atoms with van der Waals surface area (Å²) in [5.41, 5.74) is 2.57. The van der Waals surface area contributed by atoms with Gasteiger partial charge in [0.15, 0.2) is 0 Å². The average molecular weight is 354 g/mol. The molecule has 3 heterocycles. The molecule has 2 amide bonds. The van der Waals surface area contributed by atoms with Crippen LogP contribution in [0.2, 0.25) is 0 Å². The molecule has 4 aromatic rings. The molecule has 2 aromatic carbocycles. The zero-order valence-corrected chi connectivity index (χ0v) is 14.5. The summed E-state index contributed by atoms with van der Waals surface area (Å²) in [5, 5.41) is 0.897. The smallest absolute Gasteiger partial charge is 0.267 e. The molecule has 130 valence electrons. The van der Waals surface area contributed by atoms with Gasteiger partial charge in [0.1, 0.15) is 5.82 Å². The van der Waals surface area contributed by atoms with Gasteiger partial charge in [-0.25, -0.2) is 14.9 Å². The van der Waals surface area contributed by atoms with E-state index in [0.717, 1.165) is 16.5 Å². The number of anilines is 1. The van der Waals surface area contributed by atoms with E-state index in [0.29, 0.717) is 22.9 Å². The van der Waals surface area contributed by atoms with Gasteiger partial charge in [0.2, 0.25) is 5.95 Å². The van der Waals surface area contributed by atoms with Crippen molar-refractivity contribution in [2.24, 2.45) is 0 Å². The van der Waals surface area contributed by atoms with Gasteiger partial charge in [0, 0.05) is 17.8 Å². The Morgan fingerprint density at radius 3 is 2.07 bits per heavy atom. The first kappa shape index (κ1) is 15.5. The van der Waals surface area contributed by atoms with Gasteiger partial charge >= 0.3 is 0 Å². The fourth-order valence-electron chi connectivity index (χ4n) is 3.41. The third kappa shape index (κ3) is 2.20. The highest BCUT2D eigenvalue weighted by molar-refractivity contribution is 6.34. The van der Waals surface area contributed by atoms with Gasteiger partial charge in [-0.3, -0.25) is 14.2 Å². The summed E-state index contributed by atoms with van der Waals surface area (Å²) in [6, 6.07) is 16.3. The van der Waals surface area contributed by atoms with Gasteiger partial charge < -0.3 is 0 Å². The lowest BCUT2D eigenvalue weighted by molar-refractivity contribution is 0.0924. The lowest BCUT2D eigenvalue weighted by atomic mass is 10.1. The van der Waals surface area contributed by atoms with Crippen molar-refractivity contribution in [2.45, 2.75) is 6.92 Å². The molecule has 0 saturated carbocycles. The van der Waals surface area contributed by atoms with E-state index in [4.69, 9.17) is 0 Å². The molecule has 0 fully saturated rings. The maximum atomic E-state index is 13.0. The normalized spacial score (nSPS) is 13.4. The Kier molecular flexibility index (Phi) is 3.21. The van der Waals surface area contributed by atoms with Crippen LogP contribution in [0.25, 0.3) is 16.9 Å². The van der Waals surface area contributed by atoms with Gasteiger partial charge in [0.25, 0.3) is 11.8 Å². The number of carbonyl (C=O) groups is 2. The average Bonchev–Trinajstić information content (AvgIpc) is 3.18. The van der Waals surface area contributed by atoms with Crippen molar-refractivity contribution in [1.29, 1.82) is 0 Å². The number of carbonyl (C=O) groups excluding carboxylic acids is 2. The molecule has 0 atom stereocenters. The van der Waals surface area contributed by atoms with Crippen molar-refractivity contribution in [2.75, 3.05) is 4.90 Å². The van der Waals surface area contributed by atoms with Crippen LogP contribution in [0.15, 0.2) is 67.0 Å². The molecule has 6 nitrogen and oxygen atoms in total. The number of nitrogens with zero attached hydrogens (tertiary/aromatic N) is 4. The number of para-hydroxylation sites is 1. The SMILES string of the molecule is Cc1cnc(-n2c(N3C(=O)c4ccccc4C3=O)cc3ccccc32)nc1. The summed E-state index contributed by atoms with van der Waals surface area (Å²) in [4.78, 5) is 36.0. The zero-order chi connectivity index (χ0) is 18.5. The van der Waals surface area contributed by atoms with Crippen LogP contribution in [0.4, 0.5) is 5.82 Å². The highest BCUT2D eigenvalue weighted by Gasteiger charge is 2.38. The molecule has 6 heteroatoms. The van der Waals surface area contributed by atoms with Crippen LogP contribution in [0.3, 0.4) is 0 Å². The number of aromatic nitrogens is 3. The van der Waals surface area contributed by atoms with E-state index in [2.05, 4.69) is 9.97 Å². The summed E-state index contributed by atoms with van der Waals surface area (Å²) in [5.74, 6) is 0.165. The lowest BCUT2D eigenvalue weighted by Crippen LogP contribution is -2.31. The number of hydrogen-bond acceptors (Lipinski definition) is 4. The molecule has 2 aromatic heterocycles. The van der Waals surface area contributed by atoms with E-state index in [1.807, 2.05) is 37.3 Å². The number of benzene rings is 2. The molecule has 27 heavy (non-hydrogen) atoms. The van der Waals surface area contributed by atoms with Crippen molar-refractivity contribution in [1.82, 2.24) is 14.5 Å². The quantitative estimate of drug-likeness (QED) is 0.517. The minimum absolute atomic E-state index is 0.341. The predicted octanol–water partition coefficient (Wildman–Crippen LogP) is 3.53. The third-order valence-corrected chi connectivity index (χ3v) is 4.68. The third-order valence-electron chi connectivity index (χ3n) is 4.68. The van der Waals surface area contributed by atoms with Crippen molar-refractivity contribution >= 4 is 28.5 Å². The Balaban J connectivity index is 1.77. The maximum absolute atomic E-state index is 13.0. The Bertz CT molecular complexity index is 1190. The Morgan fingerprint density at radius 2 is 1.41 bits per heavy atom. The molecule has 5 rings (SSSR count). The number of hydrogen-bond donors (Lipinski definition) is 0.